The van der Waals surface area contributed by atoms with Crippen molar-refractivity contribution in [2.24, 2.45) is 0 Å². The summed E-state index contributed by atoms with van der Waals surface area (Å²) in [4.78, 5) is 0. The molecule has 0 atom stereocenters. The molecule has 0 N–H and O–H groups in total. The van der Waals surface area contributed by atoms with Crippen LogP contribution in [0.15, 0.2) is 0 Å². The Bertz CT molecular complexity index is 116. The Kier molecular flexibility index (Phi) is 2.68. The van der Waals surface area contributed by atoms with Crippen molar-refractivity contribution in [1.29, 1.82) is 0 Å². The molecule has 0 aliphatic heterocycles. The van der Waals surface area contributed by atoms with Crippen LogP contribution < -0.4 is 0 Å². The van der Waals surface area contributed by atoms with Crippen molar-refractivity contribution in [3.8, 4) is 0 Å². The highest BCUT2D eigenvalue weighted by molar-refractivity contribution is 6.52. The first-order chi connectivity index (χ1) is 4.41. The predicted octanol–water partition coefficient (Wildman–Crippen LogP) is 3.91. The summed E-state index contributed by atoms with van der Waals surface area (Å²) >= 11 is 23.4. The van der Waals surface area contributed by atoms with Gasteiger partial charge in [0.25, 0.3) is 0 Å². The van der Waals surface area contributed by atoms with Crippen LogP contribution in [0.3, 0.4) is 0 Å². The van der Waals surface area contributed by atoms with Crippen LogP contribution in [0.1, 0.15) is 25.7 Å². The summed E-state index contributed by atoms with van der Waals surface area (Å²) in [5.74, 6) is 0. The fraction of sp³-hybridized carbons (Fsp3) is 1.00. The lowest BCUT2D eigenvalue weighted by molar-refractivity contribution is 0.455. The Balaban J connectivity index is 2.56. The van der Waals surface area contributed by atoms with Crippen molar-refractivity contribution in [2.45, 2.75) is 34.3 Å². The average molecular weight is 222 g/mol. The van der Waals surface area contributed by atoms with Crippen molar-refractivity contribution in [3.63, 3.8) is 0 Å². The molecule has 1 aliphatic rings. The summed E-state index contributed by atoms with van der Waals surface area (Å²) in [5.41, 5.74) is 0. The molecule has 1 fully saturated rings. The van der Waals surface area contributed by atoms with E-state index in [-0.39, 0.29) is 0 Å². The molecule has 0 bridgehead atoms. The van der Waals surface area contributed by atoms with Gasteiger partial charge in [-0.2, -0.15) is 0 Å². The van der Waals surface area contributed by atoms with Crippen LogP contribution in [-0.4, -0.2) is 8.67 Å². The standard InChI is InChI=1S/C6H8Cl4/c7-5(8)2-1-3-6(9,10)4-5/h1-4H2. The van der Waals surface area contributed by atoms with Crippen LogP contribution in [0.25, 0.3) is 0 Å². The van der Waals surface area contributed by atoms with Crippen molar-refractivity contribution in [1.82, 2.24) is 0 Å². The minimum atomic E-state index is -0.707. The van der Waals surface area contributed by atoms with Crippen LogP contribution >= 0.6 is 46.4 Å². The van der Waals surface area contributed by atoms with Gasteiger partial charge in [-0.1, -0.05) is 0 Å². The van der Waals surface area contributed by atoms with Crippen molar-refractivity contribution >= 4 is 46.4 Å². The molecule has 60 valence electrons. The highest BCUT2D eigenvalue weighted by Crippen LogP contribution is 2.47. The van der Waals surface area contributed by atoms with Gasteiger partial charge in [0.15, 0.2) is 0 Å². The van der Waals surface area contributed by atoms with E-state index in [0.717, 1.165) is 19.3 Å². The summed E-state index contributed by atoms with van der Waals surface area (Å²) in [6, 6.07) is 0. The molecule has 0 nitrogen and oxygen atoms in total. The SMILES string of the molecule is ClC1(Cl)CCCC(Cl)(Cl)C1. The van der Waals surface area contributed by atoms with E-state index in [1.54, 1.807) is 0 Å². The Labute approximate surface area is 80.8 Å². The highest BCUT2D eigenvalue weighted by atomic mass is 35.5. The summed E-state index contributed by atoms with van der Waals surface area (Å²) in [6.45, 7) is 0. The zero-order valence-corrected chi connectivity index (χ0v) is 8.36. The molecule has 0 saturated heterocycles. The molecule has 0 amide bonds. The van der Waals surface area contributed by atoms with Crippen LogP contribution in [0.2, 0.25) is 0 Å². The van der Waals surface area contributed by atoms with Crippen molar-refractivity contribution in [3.05, 3.63) is 0 Å². The highest BCUT2D eigenvalue weighted by Gasteiger charge is 2.40. The first kappa shape index (κ1) is 9.25. The van der Waals surface area contributed by atoms with E-state index in [1.807, 2.05) is 0 Å². The minimum absolute atomic E-state index is 0.465. The van der Waals surface area contributed by atoms with E-state index >= 15 is 0 Å². The fourth-order valence-corrected chi connectivity index (χ4v) is 2.88. The first-order valence-electron chi connectivity index (χ1n) is 3.17. The van der Waals surface area contributed by atoms with E-state index in [9.17, 15) is 0 Å². The molecule has 10 heavy (non-hydrogen) atoms. The zero-order chi connectivity index (χ0) is 7.83. The second-order valence-electron chi connectivity index (χ2n) is 2.74. The van der Waals surface area contributed by atoms with E-state index in [2.05, 4.69) is 0 Å². The van der Waals surface area contributed by atoms with E-state index in [0.29, 0.717) is 6.42 Å². The first-order valence-corrected chi connectivity index (χ1v) is 4.68. The van der Waals surface area contributed by atoms with Gasteiger partial charge >= 0.3 is 0 Å². The molecule has 4 heteroatoms. The quantitative estimate of drug-likeness (QED) is 0.545. The van der Waals surface area contributed by atoms with Gasteiger partial charge in [-0.25, -0.2) is 0 Å². The van der Waals surface area contributed by atoms with Gasteiger partial charge in [0.05, 0.1) is 0 Å². The maximum absolute atomic E-state index is 5.85. The van der Waals surface area contributed by atoms with Gasteiger partial charge in [-0.3, -0.25) is 0 Å². The lowest BCUT2D eigenvalue weighted by atomic mass is 9.99. The van der Waals surface area contributed by atoms with Gasteiger partial charge in [0.1, 0.15) is 8.67 Å². The Hall–Kier alpha value is 1.16. The summed E-state index contributed by atoms with van der Waals surface area (Å²) in [5, 5.41) is 0. The molecule has 1 aliphatic carbocycles. The maximum atomic E-state index is 5.85. The van der Waals surface area contributed by atoms with Crippen LogP contribution in [0, 0.1) is 0 Å². The molecule has 0 aromatic carbocycles. The average Bonchev–Trinajstić information content (AvgIpc) is 1.56. The second kappa shape index (κ2) is 2.90. The van der Waals surface area contributed by atoms with Gasteiger partial charge < -0.3 is 0 Å². The van der Waals surface area contributed by atoms with Crippen molar-refractivity contribution < 1.29 is 0 Å². The normalized spacial score (nSPS) is 30.0. The molecule has 0 unspecified atom stereocenters. The Morgan fingerprint density at radius 2 is 1.20 bits per heavy atom. The molecule has 0 spiro atoms. The summed E-state index contributed by atoms with van der Waals surface area (Å²) in [7, 11) is 0. The topological polar surface area (TPSA) is 0 Å². The Morgan fingerprint density at radius 1 is 0.800 bits per heavy atom. The molecule has 1 rings (SSSR count). The Morgan fingerprint density at radius 3 is 1.40 bits per heavy atom. The molecule has 0 radical (unpaired) electrons. The monoisotopic (exact) mass is 220 g/mol. The molecular formula is C6H8Cl4. The number of rotatable bonds is 0. The lowest BCUT2D eigenvalue weighted by Crippen LogP contribution is -2.30. The molecule has 0 heterocycles. The van der Waals surface area contributed by atoms with E-state index in [4.69, 9.17) is 46.4 Å². The fourth-order valence-electron chi connectivity index (χ4n) is 1.16. The molecule has 1 saturated carbocycles. The van der Waals surface area contributed by atoms with E-state index < -0.39 is 8.67 Å². The van der Waals surface area contributed by atoms with Crippen molar-refractivity contribution in [2.75, 3.05) is 0 Å². The van der Waals surface area contributed by atoms with Gasteiger partial charge in [-0.15, -0.1) is 46.4 Å². The summed E-state index contributed by atoms with van der Waals surface area (Å²) in [6.07, 6.45) is 2.95. The lowest BCUT2D eigenvalue weighted by Gasteiger charge is -2.33. The predicted molar refractivity (Wildman–Crippen MR) is 47.3 cm³/mol. The van der Waals surface area contributed by atoms with Gasteiger partial charge in [0, 0.05) is 6.42 Å². The van der Waals surface area contributed by atoms with E-state index in [1.165, 1.54) is 0 Å². The van der Waals surface area contributed by atoms with Crippen LogP contribution in [0.4, 0.5) is 0 Å². The smallest absolute Gasteiger partial charge is 0.102 e. The molecule has 0 aromatic rings. The van der Waals surface area contributed by atoms with Crippen LogP contribution in [-0.2, 0) is 0 Å². The second-order valence-corrected chi connectivity index (χ2v) is 6.02. The third-order valence-corrected chi connectivity index (χ3v) is 2.89. The number of hydrogen-bond donors (Lipinski definition) is 0. The van der Waals surface area contributed by atoms with Gasteiger partial charge in [-0.05, 0) is 19.3 Å². The number of hydrogen-bond acceptors (Lipinski definition) is 0. The molecular weight excluding hydrogens is 214 g/mol. The number of halogens is 4. The third kappa shape index (κ3) is 2.65. The maximum Gasteiger partial charge on any atom is 0.121 e. The van der Waals surface area contributed by atoms with Gasteiger partial charge in [0.2, 0.25) is 0 Å². The zero-order valence-electron chi connectivity index (χ0n) is 5.34. The summed E-state index contributed by atoms with van der Waals surface area (Å²) < 4.78 is -1.41. The molecule has 0 aromatic heterocycles. The minimum Gasteiger partial charge on any atom is -0.102 e. The number of alkyl halides is 4. The van der Waals surface area contributed by atoms with Crippen LogP contribution in [0.5, 0.6) is 0 Å². The third-order valence-electron chi connectivity index (χ3n) is 1.60. The largest absolute Gasteiger partial charge is 0.121 e.